The van der Waals surface area contributed by atoms with Gasteiger partial charge in [0.15, 0.2) is 0 Å². The lowest BCUT2D eigenvalue weighted by Gasteiger charge is -2.24. The minimum absolute atomic E-state index is 0.0511. The molecule has 10 aromatic carbocycles. The van der Waals surface area contributed by atoms with E-state index in [0.29, 0.717) is 22.3 Å². The summed E-state index contributed by atoms with van der Waals surface area (Å²) in [7, 11) is 0. The average Bonchev–Trinajstić information content (AvgIpc) is 3.71. The van der Waals surface area contributed by atoms with Crippen LogP contribution in [0.5, 0.6) is 0 Å². The largest absolute Gasteiger partial charge is 0.455 e. The molecule has 0 amide bonds. The van der Waals surface area contributed by atoms with Crippen molar-refractivity contribution in [3.05, 3.63) is 229 Å². The number of furan rings is 1. The van der Waals surface area contributed by atoms with Gasteiger partial charge in [-0.3, -0.25) is 0 Å². The Morgan fingerprint density at radius 1 is 0.357 bits per heavy atom. The molecule has 11 rings (SSSR count). The summed E-state index contributed by atoms with van der Waals surface area (Å²) < 4.78 is 84.0. The Morgan fingerprint density at radius 2 is 0.946 bits per heavy atom. The summed E-state index contributed by atoms with van der Waals surface area (Å²) in [5.41, 5.74) is 4.65. The van der Waals surface area contributed by atoms with Crippen LogP contribution in [0, 0.1) is 0 Å². The zero-order chi connectivity index (χ0) is 44.0. The molecule has 0 saturated heterocycles. The Balaban J connectivity index is 1.23. The number of hydrogen-bond donors (Lipinski definition) is 0. The maximum atomic E-state index is 9.83. The minimum atomic E-state index is -1.29. The van der Waals surface area contributed by atoms with E-state index in [1.807, 2.05) is 146 Å². The van der Waals surface area contributed by atoms with Crippen LogP contribution in [0.2, 0.25) is 0 Å². The summed E-state index contributed by atoms with van der Waals surface area (Å²) >= 11 is 0. The van der Waals surface area contributed by atoms with Crippen LogP contribution in [0.4, 0.5) is 0 Å². The fourth-order valence-corrected chi connectivity index (χ4v) is 8.22. The molecule has 1 heteroatoms. The zero-order valence-electron chi connectivity index (χ0n) is 38.1. The summed E-state index contributed by atoms with van der Waals surface area (Å²) in [6.07, 6.45) is 0. The van der Waals surface area contributed by atoms with E-state index in [1.165, 1.54) is 0 Å². The van der Waals surface area contributed by atoms with Crippen LogP contribution in [0.3, 0.4) is 0 Å². The first-order valence-electron chi connectivity index (χ1n) is 22.7. The van der Waals surface area contributed by atoms with Crippen molar-refractivity contribution < 1.29 is 15.4 Å². The topological polar surface area (TPSA) is 13.1 Å². The quantitative estimate of drug-likeness (QED) is 0.156. The van der Waals surface area contributed by atoms with Gasteiger partial charge in [0.05, 0.1) is 11.0 Å². The Morgan fingerprint density at radius 3 is 1.75 bits per heavy atom. The van der Waals surface area contributed by atoms with Crippen molar-refractivity contribution in [3.8, 4) is 33.4 Å². The van der Waals surface area contributed by atoms with E-state index in [2.05, 4.69) is 6.07 Å². The maximum absolute atomic E-state index is 9.83. The van der Waals surface area contributed by atoms with Gasteiger partial charge in [-0.25, -0.2) is 0 Å². The van der Waals surface area contributed by atoms with Gasteiger partial charge >= 0.3 is 0 Å². The lowest BCUT2D eigenvalue weighted by Crippen LogP contribution is -2.06. The molecule has 11 aromatic rings. The maximum Gasteiger partial charge on any atom is 0.143 e. The van der Waals surface area contributed by atoms with Crippen molar-refractivity contribution >= 4 is 54.3 Å². The number of benzene rings is 10. The van der Waals surface area contributed by atoms with Crippen molar-refractivity contribution in [1.29, 1.82) is 0 Å². The molecular weight excluding hydrogens is 677 g/mol. The molecule has 0 bridgehead atoms. The molecule has 0 saturated carbocycles. The van der Waals surface area contributed by atoms with Crippen molar-refractivity contribution in [1.82, 2.24) is 0 Å². The van der Waals surface area contributed by atoms with Gasteiger partial charge in [-0.2, -0.15) is 0 Å². The van der Waals surface area contributed by atoms with Crippen LogP contribution in [-0.2, 0) is 0 Å². The SMILES string of the molecule is [2H]c1c([2H])c(C(c2ccccc2-c2cc3c4ccccc4oc3c3ccccc23)c2c([2H])c([2H])c(-c3cccc4ccccc34)c([2H])c2[2H])c([2H])c([2H])c1-c1ccc2ccccc2c1. The Hall–Kier alpha value is -7.22. The molecule has 0 aliphatic heterocycles. The molecule has 1 atom stereocenters. The van der Waals surface area contributed by atoms with Crippen molar-refractivity contribution in [3.63, 3.8) is 0 Å². The van der Waals surface area contributed by atoms with E-state index in [0.717, 1.165) is 59.8 Å². The van der Waals surface area contributed by atoms with E-state index in [1.54, 1.807) is 12.1 Å². The number of rotatable bonds is 6. The van der Waals surface area contributed by atoms with Gasteiger partial charge in [0, 0.05) is 22.1 Å². The summed E-state index contributed by atoms with van der Waals surface area (Å²) in [6, 6.07) is 49.4. The lowest BCUT2D eigenvalue weighted by atomic mass is 9.80. The molecule has 1 nitrogen and oxygen atoms in total. The highest BCUT2D eigenvalue weighted by molar-refractivity contribution is 6.19. The molecule has 262 valence electrons. The molecule has 0 spiro atoms. The zero-order valence-corrected chi connectivity index (χ0v) is 30.1. The molecule has 0 N–H and O–H groups in total. The summed E-state index contributed by atoms with van der Waals surface area (Å²) in [5.74, 6) is -1.29. The predicted octanol–water partition coefficient (Wildman–Crippen LogP) is 15.2. The number of hydrogen-bond acceptors (Lipinski definition) is 1. The van der Waals surface area contributed by atoms with Crippen LogP contribution in [-0.4, -0.2) is 0 Å². The highest BCUT2D eigenvalue weighted by Crippen LogP contribution is 2.45. The second-order valence-corrected chi connectivity index (χ2v) is 14.1. The van der Waals surface area contributed by atoms with Gasteiger partial charge in [-0.15, -0.1) is 0 Å². The fraction of sp³-hybridized carbons (Fsp3) is 0.0182. The van der Waals surface area contributed by atoms with Gasteiger partial charge in [-0.05, 0) is 95.2 Å². The average molecular weight is 721 g/mol. The highest BCUT2D eigenvalue weighted by Gasteiger charge is 2.23. The van der Waals surface area contributed by atoms with E-state index >= 15 is 0 Å². The van der Waals surface area contributed by atoms with Crippen molar-refractivity contribution in [2.75, 3.05) is 0 Å². The summed E-state index contributed by atoms with van der Waals surface area (Å²) in [4.78, 5) is 0. The molecular formula is C55H36O. The third-order valence-electron chi connectivity index (χ3n) is 10.9. The molecule has 0 fully saturated rings. The predicted molar refractivity (Wildman–Crippen MR) is 236 cm³/mol. The van der Waals surface area contributed by atoms with Crippen molar-refractivity contribution in [2.24, 2.45) is 0 Å². The first-order valence-corrected chi connectivity index (χ1v) is 18.7. The minimum Gasteiger partial charge on any atom is -0.455 e. The molecule has 0 aliphatic rings. The van der Waals surface area contributed by atoms with Gasteiger partial charge in [0.1, 0.15) is 11.2 Å². The monoisotopic (exact) mass is 720 g/mol. The Labute approximate surface area is 337 Å². The smallest absolute Gasteiger partial charge is 0.143 e. The standard InChI is InChI=1S/C55H36O/c1-2-14-42-34-43(33-26-36(42)12-1)37-24-29-40(30-25-37)54(41-31-27-39(28-32-41)45-22-11-15-38-13-3-4-16-44(38)45)49-20-7-5-17-46(49)51-35-52-48-19-9-10-23-53(48)56-55(52)50-21-8-6-18-47(50)51/h1-35,54H/i24D,25D,27D,28D,29D,30D,31D,32D. The van der Waals surface area contributed by atoms with Crippen LogP contribution in [0.1, 0.15) is 33.6 Å². The van der Waals surface area contributed by atoms with Gasteiger partial charge in [0.25, 0.3) is 0 Å². The van der Waals surface area contributed by atoms with Crippen LogP contribution in [0.25, 0.3) is 87.6 Å². The van der Waals surface area contributed by atoms with E-state index in [9.17, 15) is 11.0 Å². The number of fused-ring (bicyclic) bond motifs is 7. The molecule has 0 aliphatic carbocycles. The van der Waals surface area contributed by atoms with E-state index in [-0.39, 0.29) is 70.6 Å². The lowest BCUT2D eigenvalue weighted by molar-refractivity contribution is 0.672. The first kappa shape index (κ1) is 25.0. The van der Waals surface area contributed by atoms with Crippen LogP contribution in [0.15, 0.2) is 217 Å². The molecule has 1 aromatic heterocycles. The van der Waals surface area contributed by atoms with Crippen LogP contribution >= 0.6 is 0 Å². The normalized spacial score (nSPS) is 14.2. The first-order chi connectivity index (χ1) is 31.1. The number of para-hydroxylation sites is 1. The Kier molecular flexibility index (Phi) is 5.92. The second kappa shape index (κ2) is 13.3. The Bertz CT molecular complexity index is 3680. The molecule has 1 unspecified atom stereocenters. The van der Waals surface area contributed by atoms with Gasteiger partial charge in [-0.1, -0.05) is 194 Å². The van der Waals surface area contributed by atoms with Crippen molar-refractivity contribution in [2.45, 2.75) is 5.92 Å². The van der Waals surface area contributed by atoms with Gasteiger partial charge < -0.3 is 4.42 Å². The van der Waals surface area contributed by atoms with Gasteiger partial charge in [0.2, 0.25) is 0 Å². The summed E-state index contributed by atoms with van der Waals surface area (Å²) in [6.45, 7) is 0. The summed E-state index contributed by atoms with van der Waals surface area (Å²) in [5, 5.41) is 7.05. The third kappa shape index (κ3) is 5.40. The third-order valence-corrected chi connectivity index (χ3v) is 10.9. The van der Waals surface area contributed by atoms with E-state index in [4.69, 9.17) is 4.42 Å². The molecule has 1 heterocycles. The second-order valence-electron chi connectivity index (χ2n) is 14.1. The van der Waals surface area contributed by atoms with E-state index < -0.39 is 5.92 Å². The fourth-order valence-electron chi connectivity index (χ4n) is 8.22. The molecule has 0 radical (unpaired) electrons. The molecule has 56 heavy (non-hydrogen) atoms. The highest BCUT2D eigenvalue weighted by atomic mass is 16.3. The van der Waals surface area contributed by atoms with Crippen LogP contribution < -0.4 is 0 Å².